The second-order valence-electron chi connectivity index (χ2n) is 7.53. The monoisotopic (exact) mass is 488 g/mol. The molecular weight excluding hydrogens is 451 g/mol. The Morgan fingerprint density at radius 3 is 2.48 bits per heavy atom. The maximum atomic E-state index is 5.39. The van der Waals surface area contributed by atoms with Gasteiger partial charge in [-0.25, -0.2) is 0 Å². The highest BCUT2D eigenvalue weighted by Gasteiger charge is 2.20. The van der Waals surface area contributed by atoms with Gasteiger partial charge < -0.3 is 15.4 Å². The molecule has 0 atom stereocenters. The van der Waals surface area contributed by atoms with Crippen molar-refractivity contribution in [2.75, 3.05) is 52.5 Å². The van der Waals surface area contributed by atoms with E-state index in [-0.39, 0.29) is 29.4 Å². The normalized spacial score (nSPS) is 15.9. The average Bonchev–Trinajstić information content (AvgIpc) is 2.67. The van der Waals surface area contributed by atoms with Crippen LogP contribution in [0.2, 0.25) is 0 Å². The van der Waals surface area contributed by atoms with Crippen molar-refractivity contribution in [1.29, 1.82) is 0 Å². The van der Waals surface area contributed by atoms with Gasteiger partial charge in [0.1, 0.15) is 0 Å². The molecule has 154 valence electrons. The summed E-state index contributed by atoms with van der Waals surface area (Å²) in [6.07, 6.45) is 2.37. The van der Waals surface area contributed by atoms with E-state index in [1.807, 2.05) is 0 Å². The van der Waals surface area contributed by atoms with Crippen LogP contribution < -0.4 is 10.6 Å². The summed E-state index contributed by atoms with van der Waals surface area (Å²) >= 11 is 0. The van der Waals surface area contributed by atoms with Crippen molar-refractivity contribution < 1.29 is 4.74 Å². The number of halogens is 1. The number of aliphatic imine (C=N–C) groups is 1. The topological polar surface area (TPSA) is 48.9 Å². The fourth-order valence-corrected chi connectivity index (χ4v) is 3.09. The number of rotatable bonds is 9. The van der Waals surface area contributed by atoms with Crippen LogP contribution in [0.25, 0.3) is 0 Å². The number of nitrogens with one attached hydrogen (secondary N) is 2. The summed E-state index contributed by atoms with van der Waals surface area (Å²) in [5, 5.41) is 6.84. The number of guanidine groups is 1. The van der Waals surface area contributed by atoms with Gasteiger partial charge >= 0.3 is 0 Å². The molecule has 0 spiro atoms. The maximum Gasteiger partial charge on any atom is 0.191 e. The highest BCUT2D eigenvalue weighted by molar-refractivity contribution is 14.0. The molecule has 0 unspecified atom stereocenters. The van der Waals surface area contributed by atoms with Gasteiger partial charge in [0.15, 0.2) is 5.96 Å². The minimum absolute atomic E-state index is 0. The number of hydrogen-bond donors (Lipinski definition) is 2. The first-order valence-corrected chi connectivity index (χ1v) is 9.99. The molecule has 0 radical (unpaired) electrons. The SMILES string of the molecule is CCNC(=NCC(C)(C)c1ccccc1)NCCCCN1CCOCC1.I. The first-order valence-electron chi connectivity index (χ1n) is 9.99. The summed E-state index contributed by atoms with van der Waals surface area (Å²) in [4.78, 5) is 7.31. The van der Waals surface area contributed by atoms with Gasteiger partial charge in [0, 0.05) is 31.6 Å². The number of ether oxygens (including phenoxy) is 1. The molecule has 1 saturated heterocycles. The lowest BCUT2D eigenvalue weighted by molar-refractivity contribution is 0.0372. The van der Waals surface area contributed by atoms with Crippen LogP contribution in [0.15, 0.2) is 35.3 Å². The second-order valence-corrected chi connectivity index (χ2v) is 7.53. The molecule has 2 rings (SSSR count). The lowest BCUT2D eigenvalue weighted by atomic mass is 9.85. The standard InChI is InChI=1S/C21H36N4O.HI/c1-4-22-20(23-12-8-9-13-25-14-16-26-17-15-25)24-18-21(2,3)19-10-6-5-7-11-19;/h5-7,10-11H,4,8-9,12-18H2,1-3H3,(H2,22,23,24);1H. The number of morpholine rings is 1. The molecule has 5 nitrogen and oxygen atoms in total. The molecule has 6 heteroatoms. The molecular formula is C21H37IN4O. The molecule has 2 N–H and O–H groups in total. The number of nitrogens with zero attached hydrogens (tertiary/aromatic N) is 2. The zero-order chi connectivity index (χ0) is 18.7. The van der Waals surface area contributed by atoms with E-state index in [4.69, 9.17) is 9.73 Å². The molecule has 0 bridgehead atoms. The molecule has 1 aromatic rings. The van der Waals surface area contributed by atoms with Crippen LogP contribution in [0, 0.1) is 0 Å². The Balaban J connectivity index is 0.00000364. The summed E-state index contributed by atoms with van der Waals surface area (Å²) in [7, 11) is 0. The van der Waals surface area contributed by atoms with E-state index in [1.165, 1.54) is 18.5 Å². The third-order valence-electron chi connectivity index (χ3n) is 4.83. The number of benzene rings is 1. The van der Waals surface area contributed by atoms with E-state index in [9.17, 15) is 0 Å². The average molecular weight is 488 g/mol. The van der Waals surface area contributed by atoms with Crippen molar-refractivity contribution >= 4 is 29.9 Å². The van der Waals surface area contributed by atoms with Crippen molar-refractivity contribution in [3.63, 3.8) is 0 Å². The molecule has 0 aromatic heterocycles. The lowest BCUT2D eigenvalue weighted by Crippen LogP contribution is -2.39. The van der Waals surface area contributed by atoms with E-state index in [0.29, 0.717) is 0 Å². The van der Waals surface area contributed by atoms with E-state index in [1.54, 1.807) is 0 Å². The largest absolute Gasteiger partial charge is 0.379 e. The Morgan fingerprint density at radius 2 is 1.81 bits per heavy atom. The van der Waals surface area contributed by atoms with Crippen LogP contribution in [0.3, 0.4) is 0 Å². The quantitative estimate of drug-likeness (QED) is 0.243. The fourth-order valence-electron chi connectivity index (χ4n) is 3.09. The van der Waals surface area contributed by atoms with Crippen LogP contribution in [0.5, 0.6) is 0 Å². The molecule has 1 heterocycles. The van der Waals surface area contributed by atoms with Gasteiger partial charge in [0.25, 0.3) is 0 Å². The van der Waals surface area contributed by atoms with Crippen LogP contribution in [0.4, 0.5) is 0 Å². The second kappa shape index (κ2) is 13.3. The Kier molecular flexibility index (Phi) is 11.9. The van der Waals surface area contributed by atoms with Gasteiger partial charge in [-0.2, -0.15) is 0 Å². The van der Waals surface area contributed by atoms with Crippen molar-refractivity contribution in [3.8, 4) is 0 Å². The molecule has 0 amide bonds. The van der Waals surface area contributed by atoms with Crippen molar-refractivity contribution in [3.05, 3.63) is 35.9 Å². The Hall–Kier alpha value is -0.860. The predicted octanol–water partition coefficient (Wildman–Crippen LogP) is 3.25. The Bertz CT molecular complexity index is 530. The minimum atomic E-state index is 0. The molecule has 1 aliphatic heterocycles. The van der Waals surface area contributed by atoms with Crippen LogP contribution in [-0.2, 0) is 10.2 Å². The third kappa shape index (κ3) is 9.25. The molecule has 0 saturated carbocycles. The summed E-state index contributed by atoms with van der Waals surface area (Å²) in [5.41, 5.74) is 1.35. The summed E-state index contributed by atoms with van der Waals surface area (Å²) < 4.78 is 5.39. The first kappa shape index (κ1) is 24.2. The van der Waals surface area contributed by atoms with Crippen molar-refractivity contribution in [1.82, 2.24) is 15.5 Å². The lowest BCUT2D eigenvalue weighted by Gasteiger charge is -2.26. The summed E-state index contributed by atoms with van der Waals surface area (Å²) in [6.45, 7) is 14.3. The highest BCUT2D eigenvalue weighted by atomic mass is 127. The van der Waals surface area contributed by atoms with Gasteiger partial charge in [0.05, 0.1) is 19.8 Å². The molecule has 27 heavy (non-hydrogen) atoms. The third-order valence-corrected chi connectivity index (χ3v) is 4.83. The molecule has 1 aromatic carbocycles. The van der Waals surface area contributed by atoms with Gasteiger partial charge in [-0.05, 0) is 31.9 Å². The Labute approximate surface area is 182 Å². The van der Waals surface area contributed by atoms with Gasteiger partial charge in [-0.15, -0.1) is 24.0 Å². The van der Waals surface area contributed by atoms with E-state index < -0.39 is 0 Å². The maximum absolute atomic E-state index is 5.39. The van der Waals surface area contributed by atoms with Gasteiger partial charge in [0.2, 0.25) is 0 Å². The van der Waals surface area contributed by atoms with E-state index in [2.05, 4.69) is 66.6 Å². The molecule has 1 aliphatic rings. The van der Waals surface area contributed by atoms with E-state index in [0.717, 1.165) is 58.3 Å². The van der Waals surface area contributed by atoms with Crippen LogP contribution in [0.1, 0.15) is 39.2 Å². The van der Waals surface area contributed by atoms with E-state index >= 15 is 0 Å². The molecule has 0 aliphatic carbocycles. The highest BCUT2D eigenvalue weighted by Crippen LogP contribution is 2.22. The van der Waals surface area contributed by atoms with Crippen LogP contribution in [-0.4, -0.2) is 63.3 Å². The first-order chi connectivity index (χ1) is 12.6. The zero-order valence-electron chi connectivity index (χ0n) is 17.2. The van der Waals surface area contributed by atoms with Gasteiger partial charge in [-0.3, -0.25) is 9.89 Å². The van der Waals surface area contributed by atoms with Gasteiger partial charge in [-0.1, -0.05) is 44.2 Å². The van der Waals surface area contributed by atoms with Crippen molar-refractivity contribution in [2.24, 2.45) is 4.99 Å². The van der Waals surface area contributed by atoms with Crippen LogP contribution >= 0.6 is 24.0 Å². The predicted molar refractivity (Wildman–Crippen MR) is 125 cm³/mol. The fraction of sp³-hybridized carbons (Fsp3) is 0.667. The number of unbranched alkanes of at least 4 members (excludes halogenated alkanes) is 1. The Morgan fingerprint density at radius 1 is 1.11 bits per heavy atom. The molecule has 1 fully saturated rings. The van der Waals surface area contributed by atoms with Crippen molar-refractivity contribution in [2.45, 2.75) is 39.0 Å². The smallest absolute Gasteiger partial charge is 0.191 e. The number of hydrogen-bond acceptors (Lipinski definition) is 3. The summed E-state index contributed by atoms with van der Waals surface area (Å²) in [6, 6.07) is 10.6. The minimum Gasteiger partial charge on any atom is -0.379 e. The summed E-state index contributed by atoms with van der Waals surface area (Å²) in [5.74, 6) is 0.919. The zero-order valence-corrected chi connectivity index (χ0v) is 19.5.